The normalized spacial score (nSPS) is 15.4. The van der Waals surface area contributed by atoms with Crippen LogP contribution in [0.3, 0.4) is 0 Å². The predicted octanol–water partition coefficient (Wildman–Crippen LogP) is 4.11. The highest BCUT2D eigenvalue weighted by molar-refractivity contribution is 4.66. The molecule has 0 bridgehead atoms. The summed E-state index contributed by atoms with van der Waals surface area (Å²) in [6, 6.07) is 0.385. The van der Waals surface area contributed by atoms with Crippen LogP contribution in [0.25, 0.3) is 0 Å². The fourth-order valence-electron chi connectivity index (χ4n) is 2.03. The van der Waals surface area contributed by atoms with Crippen molar-refractivity contribution in [3.8, 4) is 0 Å². The van der Waals surface area contributed by atoms with Gasteiger partial charge in [0.2, 0.25) is 0 Å². The maximum absolute atomic E-state index is 5.91. The van der Waals surface area contributed by atoms with E-state index in [1.807, 2.05) is 0 Å². The first-order valence-corrected chi connectivity index (χ1v) is 6.47. The van der Waals surface area contributed by atoms with Crippen molar-refractivity contribution in [3.63, 3.8) is 0 Å². The summed E-state index contributed by atoms with van der Waals surface area (Å²) >= 11 is 0. The van der Waals surface area contributed by atoms with Gasteiger partial charge in [0.05, 0.1) is 0 Å². The maximum atomic E-state index is 5.91. The van der Waals surface area contributed by atoms with Crippen LogP contribution < -0.4 is 5.73 Å². The zero-order chi connectivity index (χ0) is 10.8. The van der Waals surface area contributed by atoms with Gasteiger partial charge < -0.3 is 5.73 Å². The summed E-state index contributed by atoms with van der Waals surface area (Å²) in [6.45, 7) is 6.67. The SMILES string of the molecule is CCCCCCCCC(CC)C(C)N. The third kappa shape index (κ3) is 7.37. The van der Waals surface area contributed by atoms with Crippen molar-refractivity contribution in [1.29, 1.82) is 0 Å². The molecule has 0 fully saturated rings. The summed E-state index contributed by atoms with van der Waals surface area (Å²) in [5, 5.41) is 0. The molecule has 0 aromatic heterocycles. The topological polar surface area (TPSA) is 26.0 Å². The molecule has 2 unspecified atom stereocenters. The molecule has 0 aromatic carbocycles. The van der Waals surface area contributed by atoms with E-state index in [0.717, 1.165) is 5.92 Å². The van der Waals surface area contributed by atoms with Gasteiger partial charge in [-0.3, -0.25) is 0 Å². The molecule has 0 spiro atoms. The average Bonchev–Trinajstić information content (AvgIpc) is 2.16. The molecule has 2 N–H and O–H groups in total. The second kappa shape index (κ2) is 9.51. The smallest absolute Gasteiger partial charge is 0.00386 e. The van der Waals surface area contributed by atoms with Crippen LogP contribution in [0, 0.1) is 5.92 Å². The summed E-state index contributed by atoms with van der Waals surface area (Å²) in [5.41, 5.74) is 5.91. The molecule has 0 aliphatic rings. The van der Waals surface area contributed by atoms with E-state index in [9.17, 15) is 0 Å². The van der Waals surface area contributed by atoms with Gasteiger partial charge in [0.1, 0.15) is 0 Å². The lowest BCUT2D eigenvalue weighted by molar-refractivity contribution is 0.382. The standard InChI is InChI=1S/C13H29N/c1-4-6-7-8-9-10-11-13(5-2)12(3)14/h12-13H,4-11,14H2,1-3H3. The van der Waals surface area contributed by atoms with E-state index >= 15 is 0 Å². The lowest BCUT2D eigenvalue weighted by atomic mass is 9.92. The van der Waals surface area contributed by atoms with Gasteiger partial charge in [-0.15, -0.1) is 0 Å². The number of hydrogen-bond donors (Lipinski definition) is 1. The van der Waals surface area contributed by atoms with Crippen LogP contribution >= 0.6 is 0 Å². The third-order valence-corrected chi connectivity index (χ3v) is 3.20. The molecule has 1 nitrogen and oxygen atoms in total. The van der Waals surface area contributed by atoms with Crippen LogP contribution in [0.1, 0.15) is 72.1 Å². The van der Waals surface area contributed by atoms with E-state index in [4.69, 9.17) is 5.73 Å². The molecule has 0 saturated carbocycles. The second-order valence-electron chi connectivity index (χ2n) is 4.58. The van der Waals surface area contributed by atoms with Crippen molar-refractivity contribution in [2.75, 3.05) is 0 Å². The van der Waals surface area contributed by atoms with Crippen molar-refractivity contribution in [2.24, 2.45) is 11.7 Å². The summed E-state index contributed by atoms with van der Waals surface area (Å²) in [5.74, 6) is 0.751. The van der Waals surface area contributed by atoms with Crippen molar-refractivity contribution in [1.82, 2.24) is 0 Å². The molecule has 2 atom stereocenters. The number of unbranched alkanes of at least 4 members (excludes halogenated alkanes) is 5. The lowest BCUT2D eigenvalue weighted by Gasteiger charge is -2.18. The summed E-state index contributed by atoms with van der Waals surface area (Å²) in [7, 11) is 0. The molecule has 0 saturated heterocycles. The fraction of sp³-hybridized carbons (Fsp3) is 1.00. The first kappa shape index (κ1) is 14.0. The van der Waals surface area contributed by atoms with Crippen LogP contribution in [0.2, 0.25) is 0 Å². The largest absolute Gasteiger partial charge is 0.328 e. The Morgan fingerprint density at radius 1 is 0.929 bits per heavy atom. The van der Waals surface area contributed by atoms with Crippen LogP contribution in [0.5, 0.6) is 0 Å². The second-order valence-corrected chi connectivity index (χ2v) is 4.58. The van der Waals surface area contributed by atoms with Crippen molar-refractivity contribution < 1.29 is 0 Å². The predicted molar refractivity (Wildman–Crippen MR) is 65.4 cm³/mol. The van der Waals surface area contributed by atoms with Gasteiger partial charge in [0.25, 0.3) is 0 Å². The van der Waals surface area contributed by atoms with Crippen molar-refractivity contribution >= 4 is 0 Å². The molecule has 0 amide bonds. The van der Waals surface area contributed by atoms with Gasteiger partial charge in [-0.05, 0) is 19.3 Å². The Morgan fingerprint density at radius 3 is 2.00 bits per heavy atom. The third-order valence-electron chi connectivity index (χ3n) is 3.20. The molecule has 14 heavy (non-hydrogen) atoms. The molecule has 0 aromatic rings. The molecule has 0 radical (unpaired) electrons. The Bertz CT molecular complexity index is 110. The molecular weight excluding hydrogens is 170 g/mol. The molecule has 0 heterocycles. The summed E-state index contributed by atoms with van der Waals surface area (Å²) < 4.78 is 0. The zero-order valence-electron chi connectivity index (χ0n) is 10.4. The number of hydrogen-bond acceptors (Lipinski definition) is 1. The maximum Gasteiger partial charge on any atom is 0.00386 e. The fourth-order valence-corrected chi connectivity index (χ4v) is 2.03. The highest BCUT2D eigenvalue weighted by atomic mass is 14.6. The van der Waals surface area contributed by atoms with Crippen LogP contribution in [0.4, 0.5) is 0 Å². The van der Waals surface area contributed by atoms with E-state index in [1.165, 1.54) is 51.4 Å². The van der Waals surface area contributed by atoms with Gasteiger partial charge >= 0.3 is 0 Å². The Hall–Kier alpha value is -0.0400. The van der Waals surface area contributed by atoms with Crippen molar-refractivity contribution in [3.05, 3.63) is 0 Å². The van der Waals surface area contributed by atoms with Gasteiger partial charge in [-0.1, -0.05) is 58.8 Å². The van der Waals surface area contributed by atoms with Gasteiger partial charge in [0.15, 0.2) is 0 Å². The van der Waals surface area contributed by atoms with Crippen LogP contribution in [0.15, 0.2) is 0 Å². The monoisotopic (exact) mass is 199 g/mol. The highest BCUT2D eigenvalue weighted by Crippen LogP contribution is 2.17. The minimum Gasteiger partial charge on any atom is -0.328 e. The Kier molecular flexibility index (Phi) is 9.49. The van der Waals surface area contributed by atoms with Crippen LogP contribution in [-0.4, -0.2) is 6.04 Å². The zero-order valence-corrected chi connectivity index (χ0v) is 10.4. The lowest BCUT2D eigenvalue weighted by Crippen LogP contribution is -2.25. The molecule has 1 heteroatoms. The minimum absolute atomic E-state index is 0.385. The minimum atomic E-state index is 0.385. The molecule has 0 rings (SSSR count). The summed E-state index contributed by atoms with van der Waals surface area (Å²) in [4.78, 5) is 0. The Labute approximate surface area is 90.5 Å². The first-order chi connectivity index (χ1) is 6.72. The Morgan fingerprint density at radius 2 is 1.50 bits per heavy atom. The van der Waals surface area contributed by atoms with E-state index < -0.39 is 0 Å². The average molecular weight is 199 g/mol. The van der Waals surface area contributed by atoms with E-state index in [0.29, 0.717) is 6.04 Å². The molecular formula is C13H29N. The van der Waals surface area contributed by atoms with Gasteiger partial charge in [0, 0.05) is 6.04 Å². The van der Waals surface area contributed by atoms with E-state index in [-0.39, 0.29) is 0 Å². The van der Waals surface area contributed by atoms with Gasteiger partial charge in [-0.25, -0.2) is 0 Å². The Balaban J connectivity index is 3.25. The quantitative estimate of drug-likeness (QED) is 0.556. The van der Waals surface area contributed by atoms with Crippen LogP contribution in [-0.2, 0) is 0 Å². The highest BCUT2D eigenvalue weighted by Gasteiger charge is 2.10. The molecule has 0 aliphatic carbocycles. The first-order valence-electron chi connectivity index (χ1n) is 6.47. The molecule has 86 valence electrons. The van der Waals surface area contributed by atoms with E-state index in [1.54, 1.807) is 0 Å². The number of nitrogens with two attached hydrogens (primary N) is 1. The summed E-state index contributed by atoms with van der Waals surface area (Å²) in [6.07, 6.45) is 11.0. The van der Waals surface area contributed by atoms with Gasteiger partial charge in [-0.2, -0.15) is 0 Å². The van der Waals surface area contributed by atoms with Crippen molar-refractivity contribution in [2.45, 2.75) is 78.2 Å². The van der Waals surface area contributed by atoms with E-state index in [2.05, 4.69) is 20.8 Å². The number of rotatable bonds is 9. The molecule has 0 aliphatic heterocycles.